The third-order valence-electron chi connectivity index (χ3n) is 3.90. The minimum atomic E-state index is -3.72. The van der Waals surface area contributed by atoms with E-state index in [1.807, 2.05) is 30.3 Å². The van der Waals surface area contributed by atoms with E-state index in [9.17, 15) is 8.42 Å². The first kappa shape index (κ1) is 16.8. The van der Waals surface area contributed by atoms with Crippen LogP contribution < -0.4 is 9.47 Å². The Balaban J connectivity index is 1.98. The van der Waals surface area contributed by atoms with Gasteiger partial charge in [-0.25, -0.2) is 8.42 Å². The van der Waals surface area contributed by atoms with Crippen molar-refractivity contribution >= 4 is 10.0 Å². The van der Waals surface area contributed by atoms with E-state index in [0.29, 0.717) is 24.7 Å². The SMILES string of the molecule is COc1ccc(S(=O)(=O)N2CCOC2c2ccccc2)cc1OC. The third kappa shape index (κ3) is 2.98. The highest BCUT2D eigenvalue weighted by molar-refractivity contribution is 7.89. The van der Waals surface area contributed by atoms with Gasteiger partial charge in [-0.1, -0.05) is 30.3 Å². The van der Waals surface area contributed by atoms with Gasteiger partial charge in [0.1, 0.15) is 6.23 Å². The Bertz CT molecular complexity index is 807. The third-order valence-corrected chi connectivity index (χ3v) is 5.74. The van der Waals surface area contributed by atoms with E-state index in [2.05, 4.69) is 0 Å². The van der Waals surface area contributed by atoms with E-state index in [-0.39, 0.29) is 4.90 Å². The summed E-state index contributed by atoms with van der Waals surface area (Å²) in [5, 5.41) is 0. The Hall–Kier alpha value is -2.09. The second-order valence-electron chi connectivity index (χ2n) is 5.27. The summed E-state index contributed by atoms with van der Waals surface area (Å²) < 4.78 is 43.5. The van der Waals surface area contributed by atoms with Gasteiger partial charge in [-0.15, -0.1) is 0 Å². The van der Waals surface area contributed by atoms with Crippen LogP contribution in [0.4, 0.5) is 0 Å². The molecular weight excluding hydrogens is 330 g/mol. The first-order valence-electron chi connectivity index (χ1n) is 7.48. The normalized spacial score (nSPS) is 18.5. The average molecular weight is 349 g/mol. The molecule has 0 saturated carbocycles. The summed E-state index contributed by atoms with van der Waals surface area (Å²) in [6.45, 7) is 0.655. The van der Waals surface area contributed by atoms with Crippen molar-refractivity contribution in [3.8, 4) is 11.5 Å². The van der Waals surface area contributed by atoms with Gasteiger partial charge < -0.3 is 14.2 Å². The highest BCUT2D eigenvalue weighted by Crippen LogP contribution is 2.35. The van der Waals surface area contributed by atoms with Crippen LogP contribution >= 0.6 is 0 Å². The van der Waals surface area contributed by atoms with E-state index in [0.717, 1.165) is 5.56 Å². The smallest absolute Gasteiger partial charge is 0.245 e. The van der Waals surface area contributed by atoms with E-state index in [1.165, 1.54) is 30.7 Å². The Morgan fingerprint density at radius 2 is 1.75 bits per heavy atom. The van der Waals surface area contributed by atoms with Crippen molar-refractivity contribution < 1.29 is 22.6 Å². The topological polar surface area (TPSA) is 65.1 Å². The molecule has 2 aromatic carbocycles. The van der Waals surface area contributed by atoms with Crippen molar-refractivity contribution in [3.63, 3.8) is 0 Å². The standard InChI is InChI=1S/C17H19NO5S/c1-21-15-9-8-14(12-16(15)22-2)24(19,20)18-10-11-23-17(18)13-6-4-3-5-7-13/h3-9,12,17H,10-11H2,1-2H3. The summed E-state index contributed by atoms with van der Waals surface area (Å²) in [5.74, 6) is 0.851. The molecule has 128 valence electrons. The number of methoxy groups -OCH3 is 2. The molecule has 2 aromatic rings. The Morgan fingerprint density at radius 1 is 1.04 bits per heavy atom. The fourth-order valence-electron chi connectivity index (χ4n) is 2.69. The zero-order chi connectivity index (χ0) is 17.2. The minimum absolute atomic E-state index is 0.145. The van der Waals surface area contributed by atoms with E-state index in [4.69, 9.17) is 14.2 Å². The Morgan fingerprint density at radius 3 is 2.42 bits per heavy atom. The molecule has 1 aliphatic heterocycles. The first-order valence-corrected chi connectivity index (χ1v) is 8.92. The lowest BCUT2D eigenvalue weighted by molar-refractivity contribution is 0.0683. The highest BCUT2D eigenvalue weighted by atomic mass is 32.2. The van der Waals surface area contributed by atoms with E-state index >= 15 is 0 Å². The quantitative estimate of drug-likeness (QED) is 0.829. The number of benzene rings is 2. The fraction of sp³-hybridized carbons (Fsp3) is 0.294. The summed E-state index contributed by atoms with van der Waals surface area (Å²) in [4.78, 5) is 0.145. The first-order chi connectivity index (χ1) is 11.6. The molecule has 1 fully saturated rings. The molecule has 0 aromatic heterocycles. The molecule has 1 saturated heterocycles. The monoisotopic (exact) mass is 349 g/mol. The maximum absolute atomic E-state index is 13.0. The molecule has 0 bridgehead atoms. The van der Waals surface area contributed by atoms with Gasteiger partial charge in [-0.3, -0.25) is 0 Å². The van der Waals surface area contributed by atoms with Crippen LogP contribution in [0.1, 0.15) is 11.8 Å². The lowest BCUT2D eigenvalue weighted by Gasteiger charge is -2.23. The van der Waals surface area contributed by atoms with Crippen molar-refractivity contribution in [1.29, 1.82) is 0 Å². The lowest BCUT2D eigenvalue weighted by atomic mass is 10.2. The molecule has 1 unspecified atom stereocenters. The zero-order valence-corrected chi connectivity index (χ0v) is 14.3. The van der Waals surface area contributed by atoms with Gasteiger partial charge in [0.25, 0.3) is 0 Å². The van der Waals surface area contributed by atoms with Crippen molar-refractivity contribution in [3.05, 3.63) is 54.1 Å². The molecule has 0 N–H and O–H groups in total. The van der Waals surface area contributed by atoms with Gasteiger partial charge in [-0.05, 0) is 17.7 Å². The largest absolute Gasteiger partial charge is 0.493 e. The second-order valence-corrected chi connectivity index (χ2v) is 7.16. The molecule has 0 radical (unpaired) electrons. The summed E-state index contributed by atoms with van der Waals surface area (Å²) in [5.41, 5.74) is 0.805. The molecular formula is C17H19NO5S. The number of ether oxygens (including phenoxy) is 3. The molecule has 1 heterocycles. The number of nitrogens with zero attached hydrogens (tertiary/aromatic N) is 1. The molecule has 0 spiro atoms. The van der Waals surface area contributed by atoms with Crippen LogP contribution in [-0.4, -0.2) is 40.1 Å². The summed E-state index contributed by atoms with van der Waals surface area (Å²) in [6.07, 6.45) is -0.621. The van der Waals surface area contributed by atoms with Gasteiger partial charge in [-0.2, -0.15) is 4.31 Å². The summed E-state index contributed by atoms with van der Waals surface area (Å²) in [6, 6.07) is 13.9. The van der Waals surface area contributed by atoms with Crippen LogP contribution in [0, 0.1) is 0 Å². The van der Waals surface area contributed by atoms with Crippen molar-refractivity contribution in [1.82, 2.24) is 4.31 Å². The molecule has 1 aliphatic rings. The molecule has 0 aliphatic carbocycles. The van der Waals surface area contributed by atoms with Gasteiger partial charge in [0, 0.05) is 12.6 Å². The van der Waals surface area contributed by atoms with Crippen LogP contribution in [0.25, 0.3) is 0 Å². The van der Waals surface area contributed by atoms with Crippen LogP contribution in [0.5, 0.6) is 11.5 Å². The molecule has 7 heteroatoms. The van der Waals surface area contributed by atoms with Crippen LogP contribution in [0.2, 0.25) is 0 Å². The maximum Gasteiger partial charge on any atom is 0.245 e. The predicted molar refractivity (Wildman–Crippen MR) is 88.6 cm³/mol. The number of rotatable bonds is 5. The molecule has 1 atom stereocenters. The molecule has 6 nitrogen and oxygen atoms in total. The summed E-state index contributed by atoms with van der Waals surface area (Å²) in [7, 11) is -0.743. The van der Waals surface area contributed by atoms with Gasteiger partial charge in [0.15, 0.2) is 11.5 Å². The van der Waals surface area contributed by atoms with E-state index < -0.39 is 16.3 Å². The molecule has 0 amide bonds. The fourth-order valence-corrected chi connectivity index (χ4v) is 4.21. The van der Waals surface area contributed by atoms with E-state index in [1.54, 1.807) is 6.07 Å². The van der Waals surface area contributed by atoms with Gasteiger partial charge in [0.05, 0.1) is 25.7 Å². The van der Waals surface area contributed by atoms with Gasteiger partial charge in [0.2, 0.25) is 10.0 Å². The summed E-state index contributed by atoms with van der Waals surface area (Å²) >= 11 is 0. The minimum Gasteiger partial charge on any atom is -0.493 e. The van der Waals surface area contributed by atoms with Crippen molar-refractivity contribution in [2.75, 3.05) is 27.4 Å². The average Bonchev–Trinajstić information content (AvgIpc) is 3.12. The maximum atomic E-state index is 13.0. The van der Waals surface area contributed by atoms with Crippen LogP contribution in [0.3, 0.4) is 0 Å². The van der Waals surface area contributed by atoms with Crippen molar-refractivity contribution in [2.45, 2.75) is 11.1 Å². The lowest BCUT2D eigenvalue weighted by Crippen LogP contribution is -2.31. The number of hydrogen-bond donors (Lipinski definition) is 0. The van der Waals surface area contributed by atoms with Crippen molar-refractivity contribution in [2.24, 2.45) is 0 Å². The number of hydrogen-bond acceptors (Lipinski definition) is 5. The highest BCUT2D eigenvalue weighted by Gasteiger charge is 2.37. The number of sulfonamides is 1. The Labute approximate surface area is 141 Å². The van der Waals surface area contributed by atoms with Gasteiger partial charge >= 0.3 is 0 Å². The second kappa shape index (κ2) is 6.80. The van der Waals surface area contributed by atoms with Crippen LogP contribution in [0.15, 0.2) is 53.4 Å². The molecule has 24 heavy (non-hydrogen) atoms. The van der Waals surface area contributed by atoms with Crippen LogP contribution in [-0.2, 0) is 14.8 Å². The predicted octanol–water partition coefficient (Wildman–Crippen LogP) is 2.42. The zero-order valence-electron chi connectivity index (χ0n) is 13.5. The molecule has 3 rings (SSSR count). The Kier molecular flexibility index (Phi) is 4.75.